The number of nitrogens with zero attached hydrogens (tertiary/aromatic N) is 4. The molecule has 4 rings (SSSR count). The van der Waals surface area contributed by atoms with Crippen LogP contribution in [0, 0.1) is 15.9 Å². The first-order valence-corrected chi connectivity index (χ1v) is 10.9. The molecule has 4 aromatic rings. The van der Waals surface area contributed by atoms with Crippen LogP contribution in [0.2, 0.25) is 5.02 Å². The summed E-state index contributed by atoms with van der Waals surface area (Å²) >= 11 is 7.11. The van der Waals surface area contributed by atoms with Crippen LogP contribution in [-0.2, 0) is 4.79 Å². The zero-order chi connectivity index (χ0) is 23.4. The molecule has 0 saturated carbocycles. The lowest BCUT2D eigenvalue weighted by Crippen LogP contribution is -2.15. The standard InChI is InChI=1S/C22H15ClFN5O3S/c23-15-6-8-16(9-7-15)28-21(14-4-2-1-3-5-14)26-27-22(28)33-13-20(30)25-19-12-17(29(31)32)10-11-18(19)24/h1-12H,13H2,(H,25,30). The smallest absolute Gasteiger partial charge is 0.271 e. The van der Waals surface area contributed by atoms with E-state index in [0.29, 0.717) is 16.0 Å². The van der Waals surface area contributed by atoms with E-state index < -0.39 is 16.6 Å². The monoisotopic (exact) mass is 483 g/mol. The number of nitrogens with one attached hydrogen (secondary N) is 1. The van der Waals surface area contributed by atoms with E-state index in [1.807, 2.05) is 30.3 Å². The summed E-state index contributed by atoms with van der Waals surface area (Å²) in [6, 6.07) is 19.4. The van der Waals surface area contributed by atoms with E-state index in [2.05, 4.69) is 15.5 Å². The fraction of sp³-hybridized carbons (Fsp3) is 0.0455. The summed E-state index contributed by atoms with van der Waals surface area (Å²) in [5, 5.41) is 22.8. The van der Waals surface area contributed by atoms with Crippen LogP contribution in [-0.4, -0.2) is 31.3 Å². The van der Waals surface area contributed by atoms with Crippen molar-refractivity contribution in [1.29, 1.82) is 0 Å². The zero-order valence-electron chi connectivity index (χ0n) is 16.8. The van der Waals surface area contributed by atoms with Crippen molar-refractivity contribution in [3.63, 3.8) is 0 Å². The lowest BCUT2D eigenvalue weighted by molar-refractivity contribution is -0.384. The molecular weight excluding hydrogens is 469 g/mol. The van der Waals surface area contributed by atoms with Crippen molar-refractivity contribution >= 4 is 40.6 Å². The van der Waals surface area contributed by atoms with Crippen LogP contribution in [0.5, 0.6) is 0 Å². The Morgan fingerprint density at radius 2 is 1.82 bits per heavy atom. The molecule has 11 heteroatoms. The molecule has 1 amide bonds. The number of benzene rings is 3. The normalized spacial score (nSPS) is 10.7. The Labute approximate surface area is 196 Å². The number of carbonyl (C=O) groups excluding carboxylic acids is 1. The summed E-state index contributed by atoms with van der Waals surface area (Å²) in [5.41, 5.74) is 0.985. The van der Waals surface area contributed by atoms with Gasteiger partial charge in [0, 0.05) is 28.4 Å². The highest BCUT2D eigenvalue weighted by atomic mass is 35.5. The number of hydrogen-bond acceptors (Lipinski definition) is 6. The van der Waals surface area contributed by atoms with Crippen LogP contribution in [0.25, 0.3) is 17.1 Å². The van der Waals surface area contributed by atoms with E-state index in [1.54, 1.807) is 28.8 Å². The fourth-order valence-corrected chi connectivity index (χ4v) is 3.88. The predicted octanol–water partition coefficient (Wildman–Crippen LogP) is 5.37. The molecule has 0 bridgehead atoms. The molecule has 0 atom stereocenters. The Bertz CT molecular complexity index is 1320. The molecule has 166 valence electrons. The highest BCUT2D eigenvalue weighted by molar-refractivity contribution is 7.99. The first kappa shape index (κ1) is 22.4. The number of rotatable bonds is 7. The summed E-state index contributed by atoms with van der Waals surface area (Å²) in [6.07, 6.45) is 0. The van der Waals surface area contributed by atoms with Crippen molar-refractivity contribution in [2.45, 2.75) is 5.16 Å². The van der Waals surface area contributed by atoms with Crippen LogP contribution >= 0.6 is 23.4 Å². The summed E-state index contributed by atoms with van der Waals surface area (Å²) in [4.78, 5) is 22.7. The molecule has 0 unspecified atom stereocenters. The maximum absolute atomic E-state index is 14.0. The second-order valence-electron chi connectivity index (χ2n) is 6.74. The van der Waals surface area contributed by atoms with Gasteiger partial charge < -0.3 is 5.32 Å². The van der Waals surface area contributed by atoms with E-state index in [9.17, 15) is 19.3 Å². The lowest BCUT2D eigenvalue weighted by atomic mass is 10.2. The topological polar surface area (TPSA) is 103 Å². The van der Waals surface area contributed by atoms with Gasteiger partial charge in [-0.15, -0.1) is 10.2 Å². The van der Waals surface area contributed by atoms with Crippen LogP contribution in [0.4, 0.5) is 15.8 Å². The van der Waals surface area contributed by atoms with Gasteiger partial charge in [0.2, 0.25) is 5.91 Å². The second-order valence-corrected chi connectivity index (χ2v) is 8.12. The number of nitro groups is 1. The lowest BCUT2D eigenvalue weighted by Gasteiger charge is -2.11. The van der Waals surface area contributed by atoms with E-state index in [-0.39, 0.29) is 17.1 Å². The number of aromatic nitrogens is 3. The Morgan fingerprint density at radius 3 is 2.52 bits per heavy atom. The van der Waals surface area contributed by atoms with Gasteiger partial charge in [-0.2, -0.15) is 0 Å². The first-order chi connectivity index (χ1) is 15.9. The molecule has 0 aliphatic heterocycles. The average molecular weight is 484 g/mol. The van der Waals surface area contributed by atoms with Gasteiger partial charge in [-0.1, -0.05) is 53.7 Å². The van der Waals surface area contributed by atoms with Crippen LogP contribution in [0.15, 0.2) is 78.0 Å². The Hall–Kier alpha value is -3.76. The Kier molecular flexibility index (Phi) is 6.66. The van der Waals surface area contributed by atoms with Crippen LogP contribution < -0.4 is 5.32 Å². The number of hydrogen-bond donors (Lipinski definition) is 1. The van der Waals surface area contributed by atoms with Crippen molar-refractivity contribution in [1.82, 2.24) is 14.8 Å². The molecular formula is C22H15ClFN5O3S. The van der Waals surface area contributed by atoms with E-state index in [1.165, 1.54) is 0 Å². The van der Waals surface area contributed by atoms with E-state index >= 15 is 0 Å². The summed E-state index contributed by atoms with van der Waals surface area (Å²) in [7, 11) is 0. The number of halogens is 2. The molecule has 0 aliphatic rings. The highest BCUT2D eigenvalue weighted by Gasteiger charge is 2.18. The molecule has 8 nitrogen and oxygen atoms in total. The third-order valence-corrected chi connectivity index (χ3v) is 5.70. The zero-order valence-corrected chi connectivity index (χ0v) is 18.4. The van der Waals surface area contributed by atoms with Gasteiger partial charge in [-0.25, -0.2) is 4.39 Å². The molecule has 0 saturated heterocycles. The Balaban J connectivity index is 1.58. The van der Waals surface area contributed by atoms with Gasteiger partial charge in [0.15, 0.2) is 11.0 Å². The molecule has 0 aliphatic carbocycles. The van der Waals surface area contributed by atoms with Gasteiger partial charge in [0.1, 0.15) is 5.82 Å². The number of nitro benzene ring substituents is 1. The predicted molar refractivity (Wildman–Crippen MR) is 124 cm³/mol. The van der Waals surface area contributed by atoms with Crippen molar-refractivity contribution in [3.8, 4) is 17.1 Å². The highest BCUT2D eigenvalue weighted by Crippen LogP contribution is 2.29. The van der Waals surface area contributed by atoms with Crippen LogP contribution in [0.3, 0.4) is 0 Å². The van der Waals surface area contributed by atoms with Gasteiger partial charge >= 0.3 is 0 Å². The molecule has 1 N–H and O–H groups in total. The molecule has 1 heterocycles. The molecule has 3 aromatic carbocycles. The minimum Gasteiger partial charge on any atom is -0.323 e. The van der Waals surface area contributed by atoms with E-state index in [4.69, 9.17) is 11.6 Å². The minimum atomic E-state index is -0.769. The average Bonchev–Trinajstić information content (AvgIpc) is 3.24. The van der Waals surface area contributed by atoms with Crippen molar-refractivity contribution in [2.75, 3.05) is 11.1 Å². The number of non-ortho nitro benzene ring substituents is 1. The quantitative estimate of drug-likeness (QED) is 0.215. The maximum Gasteiger partial charge on any atom is 0.271 e. The van der Waals surface area contributed by atoms with Gasteiger partial charge in [-0.05, 0) is 30.3 Å². The SMILES string of the molecule is O=C(CSc1nnc(-c2ccccc2)n1-c1ccc(Cl)cc1)Nc1cc([N+](=O)[O-])ccc1F. The van der Waals surface area contributed by atoms with Gasteiger partial charge in [0.25, 0.3) is 5.69 Å². The number of amides is 1. The molecule has 0 spiro atoms. The first-order valence-electron chi connectivity index (χ1n) is 9.56. The number of anilines is 1. The van der Waals surface area contributed by atoms with Crippen molar-refractivity contribution in [3.05, 3.63) is 93.8 Å². The van der Waals surface area contributed by atoms with Gasteiger partial charge in [0.05, 0.1) is 16.4 Å². The largest absolute Gasteiger partial charge is 0.323 e. The number of thioether (sulfide) groups is 1. The number of carbonyl (C=O) groups is 1. The van der Waals surface area contributed by atoms with Crippen molar-refractivity contribution in [2.24, 2.45) is 0 Å². The third-order valence-electron chi connectivity index (χ3n) is 4.52. The molecule has 1 aromatic heterocycles. The van der Waals surface area contributed by atoms with Gasteiger partial charge in [-0.3, -0.25) is 19.5 Å². The molecule has 33 heavy (non-hydrogen) atoms. The summed E-state index contributed by atoms with van der Waals surface area (Å²) in [6.45, 7) is 0. The van der Waals surface area contributed by atoms with E-state index in [0.717, 1.165) is 41.2 Å². The molecule has 0 fully saturated rings. The minimum absolute atomic E-state index is 0.122. The maximum atomic E-state index is 14.0. The Morgan fingerprint density at radius 1 is 1.09 bits per heavy atom. The van der Waals surface area contributed by atoms with Crippen LogP contribution in [0.1, 0.15) is 0 Å². The second kappa shape index (κ2) is 9.80. The summed E-state index contributed by atoms with van der Waals surface area (Å²) in [5.74, 6) is -0.866. The summed E-state index contributed by atoms with van der Waals surface area (Å²) < 4.78 is 15.8. The fourth-order valence-electron chi connectivity index (χ4n) is 3.00. The van der Waals surface area contributed by atoms with Crippen molar-refractivity contribution < 1.29 is 14.1 Å². The third kappa shape index (κ3) is 5.18. The molecule has 0 radical (unpaired) electrons.